The highest BCUT2D eigenvalue weighted by Gasteiger charge is 2.14. The summed E-state index contributed by atoms with van der Waals surface area (Å²) in [6.45, 7) is 0. The summed E-state index contributed by atoms with van der Waals surface area (Å²) in [6, 6.07) is 12.8. The fourth-order valence-corrected chi connectivity index (χ4v) is 3.04. The van der Waals surface area contributed by atoms with E-state index in [1.165, 1.54) is 0 Å². The standard InChI is InChI=1S/C20H13N5O2/c26-18(13-4-5-15-16(10-13)22-8-7-21-15)11-19-23-20-3-1-2-17(25(20)24-19)14-6-9-27-12-14/h1-10,12H,11H2. The molecule has 0 bridgehead atoms. The molecule has 0 N–H and O–H groups in total. The first-order chi connectivity index (χ1) is 13.3. The van der Waals surface area contributed by atoms with E-state index in [0.29, 0.717) is 22.6 Å². The van der Waals surface area contributed by atoms with Gasteiger partial charge in [0.2, 0.25) is 0 Å². The summed E-state index contributed by atoms with van der Waals surface area (Å²) in [5.74, 6) is 0.401. The maximum atomic E-state index is 12.7. The molecule has 0 aliphatic carbocycles. The van der Waals surface area contributed by atoms with E-state index in [2.05, 4.69) is 20.1 Å². The molecule has 0 radical (unpaired) electrons. The summed E-state index contributed by atoms with van der Waals surface area (Å²) in [4.78, 5) is 25.6. The molecule has 7 heteroatoms. The second-order valence-electron chi connectivity index (χ2n) is 6.08. The zero-order valence-electron chi connectivity index (χ0n) is 14.1. The van der Waals surface area contributed by atoms with Crippen molar-refractivity contribution in [3.8, 4) is 11.3 Å². The van der Waals surface area contributed by atoms with Gasteiger partial charge in [0.15, 0.2) is 17.3 Å². The molecule has 0 fully saturated rings. The van der Waals surface area contributed by atoms with Crippen molar-refractivity contribution >= 4 is 22.5 Å². The van der Waals surface area contributed by atoms with Crippen LogP contribution in [0.2, 0.25) is 0 Å². The third kappa shape index (κ3) is 2.75. The van der Waals surface area contributed by atoms with E-state index in [1.807, 2.05) is 24.3 Å². The molecule has 130 valence electrons. The lowest BCUT2D eigenvalue weighted by Crippen LogP contribution is -2.05. The minimum atomic E-state index is -0.0664. The van der Waals surface area contributed by atoms with Gasteiger partial charge in [0.25, 0.3) is 0 Å². The average molecular weight is 355 g/mol. The lowest BCUT2D eigenvalue weighted by atomic mass is 10.1. The summed E-state index contributed by atoms with van der Waals surface area (Å²) in [5, 5.41) is 4.51. The maximum Gasteiger partial charge on any atom is 0.170 e. The molecule has 4 aromatic heterocycles. The molecule has 5 aromatic rings. The minimum Gasteiger partial charge on any atom is -0.472 e. The van der Waals surface area contributed by atoms with Crippen LogP contribution in [0, 0.1) is 0 Å². The largest absolute Gasteiger partial charge is 0.472 e. The van der Waals surface area contributed by atoms with Crippen LogP contribution in [0.25, 0.3) is 27.9 Å². The van der Waals surface area contributed by atoms with Crippen LogP contribution >= 0.6 is 0 Å². The van der Waals surface area contributed by atoms with Crippen LogP contribution in [0.3, 0.4) is 0 Å². The summed E-state index contributed by atoms with van der Waals surface area (Å²) < 4.78 is 6.88. The monoisotopic (exact) mass is 355 g/mol. The molecule has 0 spiro atoms. The Hall–Kier alpha value is -3.87. The van der Waals surface area contributed by atoms with Crippen LogP contribution in [-0.4, -0.2) is 30.3 Å². The molecule has 0 amide bonds. The van der Waals surface area contributed by atoms with Crippen molar-refractivity contribution < 1.29 is 9.21 Å². The number of Topliss-reactive ketones (excluding diaryl/α,β-unsaturated/α-hetero) is 1. The van der Waals surface area contributed by atoms with Gasteiger partial charge in [-0.2, -0.15) is 5.10 Å². The molecule has 5 rings (SSSR count). The second-order valence-corrected chi connectivity index (χ2v) is 6.08. The van der Waals surface area contributed by atoms with Crippen LogP contribution in [0.1, 0.15) is 16.2 Å². The fraction of sp³-hybridized carbons (Fsp3) is 0.0500. The Morgan fingerprint density at radius 2 is 1.93 bits per heavy atom. The van der Waals surface area contributed by atoms with Gasteiger partial charge in [-0.3, -0.25) is 14.8 Å². The highest BCUT2D eigenvalue weighted by Crippen LogP contribution is 2.21. The van der Waals surface area contributed by atoms with Crippen LogP contribution in [0.5, 0.6) is 0 Å². The summed E-state index contributed by atoms with van der Waals surface area (Å²) >= 11 is 0. The number of rotatable bonds is 4. The Morgan fingerprint density at radius 1 is 1.04 bits per heavy atom. The second kappa shape index (κ2) is 6.14. The molecule has 0 saturated heterocycles. The van der Waals surface area contributed by atoms with Crippen LogP contribution in [-0.2, 0) is 6.42 Å². The van der Waals surface area contributed by atoms with E-state index >= 15 is 0 Å². The van der Waals surface area contributed by atoms with Gasteiger partial charge in [0.1, 0.15) is 0 Å². The van der Waals surface area contributed by atoms with E-state index in [4.69, 9.17) is 4.42 Å². The van der Waals surface area contributed by atoms with Crippen LogP contribution in [0.15, 0.2) is 71.8 Å². The van der Waals surface area contributed by atoms with E-state index in [-0.39, 0.29) is 12.2 Å². The third-order valence-electron chi connectivity index (χ3n) is 4.33. The number of ketones is 1. The van der Waals surface area contributed by atoms with Gasteiger partial charge in [-0.15, -0.1) is 0 Å². The number of hydrogen-bond donors (Lipinski definition) is 0. The van der Waals surface area contributed by atoms with Gasteiger partial charge < -0.3 is 4.42 Å². The van der Waals surface area contributed by atoms with E-state index in [9.17, 15) is 4.79 Å². The summed E-state index contributed by atoms with van der Waals surface area (Å²) in [6.07, 6.45) is 6.60. The van der Waals surface area contributed by atoms with E-state index in [0.717, 1.165) is 16.8 Å². The number of furan rings is 1. The molecule has 0 aliphatic heterocycles. The Kier molecular flexibility index (Phi) is 3.50. The number of aromatic nitrogens is 5. The number of benzene rings is 1. The predicted molar refractivity (Wildman–Crippen MR) is 98.3 cm³/mol. The molecule has 7 nitrogen and oxygen atoms in total. The van der Waals surface area contributed by atoms with E-state index in [1.54, 1.807) is 47.6 Å². The van der Waals surface area contributed by atoms with Gasteiger partial charge in [0, 0.05) is 23.5 Å². The van der Waals surface area contributed by atoms with Crippen molar-refractivity contribution in [1.29, 1.82) is 0 Å². The van der Waals surface area contributed by atoms with Gasteiger partial charge in [-0.25, -0.2) is 9.50 Å². The van der Waals surface area contributed by atoms with Crippen molar-refractivity contribution in [2.75, 3.05) is 0 Å². The zero-order chi connectivity index (χ0) is 18.2. The average Bonchev–Trinajstić information content (AvgIpc) is 3.36. The van der Waals surface area contributed by atoms with Crippen molar-refractivity contribution in [3.05, 3.63) is 78.8 Å². The number of hydrogen-bond acceptors (Lipinski definition) is 6. The number of carbonyl (C=O) groups is 1. The number of pyridine rings is 1. The quantitative estimate of drug-likeness (QED) is 0.460. The molecule has 0 saturated carbocycles. The fourth-order valence-electron chi connectivity index (χ4n) is 3.04. The molecule has 1 aromatic carbocycles. The number of nitrogens with zero attached hydrogens (tertiary/aromatic N) is 5. The highest BCUT2D eigenvalue weighted by atomic mass is 16.3. The molecule has 0 atom stereocenters. The lowest BCUT2D eigenvalue weighted by Gasteiger charge is -2.01. The molecule has 4 heterocycles. The zero-order valence-corrected chi connectivity index (χ0v) is 14.1. The number of fused-ring (bicyclic) bond motifs is 2. The third-order valence-corrected chi connectivity index (χ3v) is 4.33. The molecule has 27 heavy (non-hydrogen) atoms. The van der Waals surface area contributed by atoms with Gasteiger partial charge in [-0.1, -0.05) is 6.07 Å². The summed E-state index contributed by atoms with van der Waals surface area (Å²) in [5.41, 5.74) is 4.45. The Labute approximate surface area is 153 Å². The SMILES string of the molecule is O=C(Cc1nc2cccc(-c3ccoc3)n2n1)c1ccc2nccnc2c1. The molecule has 0 aliphatic rings. The molecule has 0 unspecified atom stereocenters. The van der Waals surface area contributed by atoms with Gasteiger partial charge in [0.05, 0.1) is 35.7 Å². The van der Waals surface area contributed by atoms with Crippen molar-refractivity contribution in [2.45, 2.75) is 6.42 Å². The topological polar surface area (TPSA) is 86.2 Å². The first-order valence-corrected chi connectivity index (χ1v) is 8.39. The minimum absolute atomic E-state index is 0.0664. The maximum absolute atomic E-state index is 12.7. The van der Waals surface area contributed by atoms with Crippen molar-refractivity contribution in [3.63, 3.8) is 0 Å². The predicted octanol–water partition coefficient (Wildman–Crippen LogP) is 3.36. The highest BCUT2D eigenvalue weighted by molar-refractivity contribution is 5.99. The normalized spacial score (nSPS) is 11.3. The first-order valence-electron chi connectivity index (χ1n) is 8.39. The Morgan fingerprint density at radius 3 is 2.78 bits per heavy atom. The summed E-state index contributed by atoms with van der Waals surface area (Å²) in [7, 11) is 0. The van der Waals surface area contributed by atoms with Gasteiger partial charge >= 0.3 is 0 Å². The smallest absolute Gasteiger partial charge is 0.170 e. The van der Waals surface area contributed by atoms with Crippen LogP contribution < -0.4 is 0 Å². The van der Waals surface area contributed by atoms with Crippen LogP contribution in [0.4, 0.5) is 0 Å². The molecular weight excluding hydrogens is 342 g/mol. The lowest BCUT2D eigenvalue weighted by molar-refractivity contribution is 0.0991. The first kappa shape index (κ1) is 15.4. The molecular formula is C20H13N5O2. The van der Waals surface area contributed by atoms with Crippen molar-refractivity contribution in [2.24, 2.45) is 0 Å². The van der Waals surface area contributed by atoms with Gasteiger partial charge in [-0.05, 0) is 36.4 Å². The van der Waals surface area contributed by atoms with Crippen molar-refractivity contribution in [1.82, 2.24) is 24.6 Å². The Bertz CT molecular complexity index is 1270. The number of carbonyl (C=O) groups excluding carboxylic acids is 1. The Balaban J connectivity index is 1.48. The van der Waals surface area contributed by atoms with E-state index < -0.39 is 0 Å².